The van der Waals surface area contributed by atoms with Crippen LogP contribution >= 0.6 is 0 Å². The Balaban J connectivity index is 4.10. The maximum absolute atomic E-state index is 10.8. The minimum Gasteiger partial charge on any atom is -0.299 e. The summed E-state index contributed by atoms with van der Waals surface area (Å²) in [7, 11) is 0. The zero-order chi connectivity index (χ0) is 7.98. The summed E-state index contributed by atoms with van der Waals surface area (Å²) >= 11 is 0. The molecule has 0 radical (unpaired) electrons. The highest BCUT2D eigenvalue weighted by Crippen LogP contribution is 1.93. The van der Waals surface area contributed by atoms with E-state index in [1.54, 1.807) is 19.9 Å². The lowest BCUT2D eigenvalue weighted by atomic mass is 10.2. The maximum atomic E-state index is 10.8. The van der Waals surface area contributed by atoms with Crippen molar-refractivity contribution in [3.8, 4) is 0 Å². The van der Waals surface area contributed by atoms with E-state index in [1.807, 2.05) is 0 Å². The standard InChI is InChI=1S/C8H10O2/c1-3-7(2)8(10)5-4-6-9/h3-6H,1-2H3/b5-4-,7-3-. The van der Waals surface area contributed by atoms with E-state index in [2.05, 4.69) is 0 Å². The van der Waals surface area contributed by atoms with Crippen molar-refractivity contribution in [1.82, 2.24) is 0 Å². The van der Waals surface area contributed by atoms with Gasteiger partial charge in [0.15, 0.2) is 5.78 Å². The predicted octanol–water partition coefficient (Wildman–Crippen LogP) is 1.28. The number of hydrogen-bond acceptors (Lipinski definition) is 2. The number of carbonyl (C=O) groups excluding carboxylic acids is 2. The van der Waals surface area contributed by atoms with Gasteiger partial charge in [-0.1, -0.05) is 6.08 Å². The van der Waals surface area contributed by atoms with Crippen molar-refractivity contribution in [1.29, 1.82) is 0 Å². The quantitative estimate of drug-likeness (QED) is 0.435. The van der Waals surface area contributed by atoms with E-state index in [0.717, 1.165) is 0 Å². The number of rotatable bonds is 3. The molecule has 0 saturated carbocycles. The molecular weight excluding hydrogens is 128 g/mol. The van der Waals surface area contributed by atoms with Gasteiger partial charge in [0.2, 0.25) is 0 Å². The molecule has 0 heterocycles. The molecule has 0 aromatic carbocycles. The second-order valence-electron chi connectivity index (χ2n) is 1.83. The molecule has 10 heavy (non-hydrogen) atoms. The van der Waals surface area contributed by atoms with Gasteiger partial charge in [-0.3, -0.25) is 9.59 Å². The Morgan fingerprint density at radius 2 is 2.00 bits per heavy atom. The molecule has 0 spiro atoms. The van der Waals surface area contributed by atoms with E-state index in [4.69, 9.17) is 0 Å². The second-order valence-corrected chi connectivity index (χ2v) is 1.83. The maximum Gasteiger partial charge on any atom is 0.181 e. The zero-order valence-electron chi connectivity index (χ0n) is 6.13. The molecule has 2 heteroatoms. The molecule has 54 valence electrons. The van der Waals surface area contributed by atoms with Crippen molar-refractivity contribution in [3.05, 3.63) is 23.8 Å². The van der Waals surface area contributed by atoms with Crippen molar-refractivity contribution in [2.45, 2.75) is 13.8 Å². The summed E-state index contributed by atoms with van der Waals surface area (Å²) in [5.74, 6) is -0.116. The molecule has 0 aromatic heterocycles. The monoisotopic (exact) mass is 138 g/mol. The Bertz CT molecular complexity index is 187. The molecule has 0 bridgehead atoms. The van der Waals surface area contributed by atoms with Crippen LogP contribution in [0.4, 0.5) is 0 Å². The molecule has 0 N–H and O–H groups in total. The average molecular weight is 138 g/mol. The van der Waals surface area contributed by atoms with E-state index in [1.165, 1.54) is 12.2 Å². The molecular formula is C8H10O2. The summed E-state index contributed by atoms with van der Waals surface area (Å²) < 4.78 is 0. The molecule has 0 rings (SSSR count). The highest BCUT2D eigenvalue weighted by atomic mass is 16.1. The molecule has 2 nitrogen and oxygen atoms in total. The third-order valence-electron chi connectivity index (χ3n) is 1.15. The zero-order valence-corrected chi connectivity index (χ0v) is 6.13. The molecule has 0 aliphatic rings. The first-order valence-electron chi connectivity index (χ1n) is 3.01. The van der Waals surface area contributed by atoms with Crippen molar-refractivity contribution >= 4 is 12.1 Å². The third kappa shape index (κ3) is 2.97. The minimum absolute atomic E-state index is 0.116. The van der Waals surface area contributed by atoms with Gasteiger partial charge in [-0.25, -0.2) is 0 Å². The third-order valence-corrected chi connectivity index (χ3v) is 1.15. The van der Waals surface area contributed by atoms with Crippen LogP contribution in [0.2, 0.25) is 0 Å². The Morgan fingerprint density at radius 1 is 1.40 bits per heavy atom. The SMILES string of the molecule is C/C=C(/C)C(=O)/C=C\C=O. The van der Waals surface area contributed by atoms with Crippen LogP contribution in [0.15, 0.2) is 23.8 Å². The van der Waals surface area contributed by atoms with Crippen LogP contribution in [-0.4, -0.2) is 12.1 Å². The minimum atomic E-state index is -0.116. The fourth-order valence-electron chi connectivity index (χ4n) is 0.400. The van der Waals surface area contributed by atoms with E-state index in [0.29, 0.717) is 11.9 Å². The highest BCUT2D eigenvalue weighted by Gasteiger charge is 1.94. The largest absolute Gasteiger partial charge is 0.299 e. The van der Waals surface area contributed by atoms with Crippen molar-refractivity contribution < 1.29 is 9.59 Å². The molecule has 0 aromatic rings. The molecule has 0 saturated heterocycles. The Kier molecular flexibility index (Phi) is 4.12. The van der Waals surface area contributed by atoms with Crippen LogP contribution in [0.3, 0.4) is 0 Å². The lowest BCUT2D eigenvalue weighted by Gasteiger charge is -1.88. The summed E-state index contributed by atoms with van der Waals surface area (Å²) in [5, 5.41) is 0. The summed E-state index contributed by atoms with van der Waals surface area (Å²) in [4.78, 5) is 20.6. The van der Waals surface area contributed by atoms with Crippen molar-refractivity contribution in [2.75, 3.05) is 0 Å². The number of hydrogen-bond donors (Lipinski definition) is 0. The van der Waals surface area contributed by atoms with Crippen LogP contribution in [0, 0.1) is 0 Å². The van der Waals surface area contributed by atoms with E-state index >= 15 is 0 Å². The van der Waals surface area contributed by atoms with E-state index in [-0.39, 0.29) is 5.78 Å². The van der Waals surface area contributed by atoms with Crippen LogP contribution in [0.1, 0.15) is 13.8 Å². The van der Waals surface area contributed by atoms with Gasteiger partial charge >= 0.3 is 0 Å². The van der Waals surface area contributed by atoms with Gasteiger partial charge < -0.3 is 0 Å². The predicted molar refractivity (Wildman–Crippen MR) is 39.6 cm³/mol. The van der Waals surface area contributed by atoms with Gasteiger partial charge in [0.05, 0.1) is 0 Å². The number of allylic oxidation sites excluding steroid dienone is 4. The Labute approximate surface area is 60.2 Å². The van der Waals surface area contributed by atoms with Crippen molar-refractivity contribution in [3.63, 3.8) is 0 Å². The van der Waals surface area contributed by atoms with Gasteiger partial charge in [0, 0.05) is 0 Å². The van der Waals surface area contributed by atoms with Crippen LogP contribution in [0.25, 0.3) is 0 Å². The summed E-state index contributed by atoms with van der Waals surface area (Å²) in [6.45, 7) is 3.49. The second kappa shape index (κ2) is 4.68. The smallest absolute Gasteiger partial charge is 0.181 e. The van der Waals surface area contributed by atoms with Gasteiger partial charge in [-0.05, 0) is 31.6 Å². The first kappa shape index (κ1) is 8.82. The van der Waals surface area contributed by atoms with Gasteiger partial charge in [-0.15, -0.1) is 0 Å². The van der Waals surface area contributed by atoms with E-state index in [9.17, 15) is 9.59 Å². The first-order chi connectivity index (χ1) is 4.72. The van der Waals surface area contributed by atoms with Crippen molar-refractivity contribution in [2.24, 2.45) is 0 Å². The lowest BCUT2D eigenvalue weighted by Crippen LogP contribution is -1.92. The Hall–Kier alpha value is -1.18. The van der Waals surface area contributed by atoms with Crippen LogP contribution in [-0.2, 0) is 9.59 Å². The molecule has 0 fully saturated rings. The summed E-state index contributed by atoms with van der Waals surface area (Å²) in [6.07, 6.45) is 4.73. The van der Waals surface area contributed by atoms with E-state index < -0.39 is 0 Å². The van der Waals surface area contributed by atoms with Crippen LogP contribution in [0.5, 0.6) is 0 Å². The number of aldehydes is 1. The lowest BCUT2D eigenvalue weighted by molar-refractivity contribution is -0.111. The molecule has 0 unspecified atom stereocenters. The summed E-state index contributed by atoms with van der Waals surface area (Å²) in [5.41, 5.74) is 0.651. The summed E-state index contributed by atoms with van der Waals surface area (Å²) in [6, 6.07) is 0. The van der Waals surface area contributed by atoms with Gasteiger partial charge in [0.25, 0.3) is 0 Å². The van der Waals surface area contributed by atoms with Gasteiger partial charge in [-0.2, -0.15) is 0 Å². The number of ketones is 1. The molecule has 0 aliphatic carbocycles. The molecule has 0 amide bonds. The molecule has 0 atom stereocenters. The highest BCUT2D eigenvalue weighted by molar-refractivity contribution is 6.04. The van der Waals surface area contributed by atoms with Crippen LogP contribution < -0.4 is 0 Å². The fraction of sp³-hybridized carbons (Fsp3) is 0.250. The van der Waals surface area contributed by atoms with Gasteiger partial charge in [0.1, 0.15) is 6.29 Å². The first-order valence-corrected chi connectivity index (χ1v) is 3.01. The topological polar surface area (TPSA) is 34.1 Å². The number of carbonyl (C=O) groups is 2. The average Bonchev–Trinajstić information content (AvgIpc) is 1.98. The fourth-order valence-corrected chi connectivity index (χ4v) is 0.400. The Morgan fingerprint density at radius 3 is 2.40 bits per heavy atom. The normalized spacial score (nSPS) is 12.0. The molecule has 0 aliphatic heterocycles.